The molecule has 436 valence electrons. The molecule has 0 aliphatic carbocycles. The number of carboxylic acids is 1. The van der Waals surface area contributed by atoms with E-state index in [1.54, 1.807) is 68.8 Å². The fourth-order valence-corrected chi connectivity index (χ4v) is 18.2. The second-order valence-corrected chi connectivity index (χ2v) is 29.0. The lowest BCUT2D eigenvalue weighted by atomic mass is 9.98. The molecule has 0 saturated heterocycles. The van der Waals surface area contributed by atoms with Gasteiger partial charge < -0.3 is 19.8 Å². The normalized spacial score (nSPS) is 14.1. The van der Waals surface area contributed by atoms with Crippen LogP contribution in [0.25, 0.3) is 71.3 Å². The maximum absolute atomic E-state index is 15.6. The third-order valence-electron chi connectivity index (χ3n) is 16.6. The van der Waals surface area contributed by atoms with E-state index in [9.17, 15) is 9.90 Å². The number of anilines is 3. The molecule has 2 amide bonds. The van der Waals surface area contributed by atoms with Crippen molar-refractivity contribution in [3.63, 3.8) is 0 Å². The SMILES string of the molecule is CCCCC(CC)CN1C(=O)C2=C(c3ccc(-c4ccc(-c5ccc(-c6ccc(N(c7ccc(C)cc7)c7cccc(C)c7)cc6)s5)s4)s3)N(CC(CC)CCCC)C(=O)C2=C1c1ccc(-c2ccc(-c3ccc(-c4ccc(C(=O)O)cc4)s3)s2)s1. The number of amides is 2. The third kappa shape index (κ3) is 12.1. The number of carbonyl (C=O) groups excluding carboxylic acids is 2. The van der Waals surface area contributed by atoms with Crippen LogP contribution in [-0.4, -0.2) is 45.8 Å². The number of nitrogens with zero attached hydrogens (tertiary/aromatic N) is 3. The van der Waals surface area contributed by atoms with Crippen LogP contribution in [0, 0.1) is 25.7 Å². The first-order valence-electron chi connectivity index (χ1n) is 30.0. The molecular formula is C73H69N3O4S6. The van der Waals surface area contributed by atoms with E-state index in [1.165, 1.54) is 31.3 Å². The van der Waals surface area contributed by atoms with Crippen LogP contribution >= 0.6 is 68.0 Å². The Kier molecular flexibility index (Phi) is 17.9. The van der Waals surface area contributed by atoms with Gasteiger partial charge >= 0.3 is 5.97 Å². The summed E-state index contributed by atoms with van der Waals surface area (Å²) in [5, 5.41) is 9.43. The first kappa shape index (κ1) is 59.1. The lowest BCUT2D eigenvalue weighted by molar-refractivity contribution is -0.124. The number of aromatic carboxylic acids is 1. The van der Waals surface area contributed by atoms with Crippen LogP contribution < -0.4 is 4.90 Å². The molecule has 6 aromatic heterocycles. The zero-order chi connectivity index (χ0) is 59.6. The number of carbonyl (C=O) groups is 3. The quantitative estimate of drug-likeness (QED) is 0.0652. The van der Waals surface area contributed by atoms with Gasteiger partial charge in [-0.1, -0.05) is 120 Å². The summed E-state index contributed by atoms with van der Waals surface area (Å²) in [6.07, 6.45) is 8.28. The van der Waals surface area contributed by atoms with Crippen LogP contribution in [0.2, 0.25) is 0 Å². The highest BCUT2D eigenvalue weighted by Gasteiger charge is 2.50. The van der Waals surface area contributed by atoms with Crippen molar-refractivity contribution in [1.29, 1.82) is 0 Å². The molecule has 7 nitrogen and oxygen atoms in total. The zero-order valence-electron chi connectivity index (χ0n) is 49.4. The number of hydrogen-bond donors (Lipinski definition) is 1. The highest BCUT2D eigenvalue weighted by Crippen LogP contribution is 2.52. The van der Waals surface area contributed by atoms with E-state index in [1.807, 2.05) is 33.3 Å². The summed E-state index contributed by atoms with van der Waals surface area (Å²) in [4.78, 5) is 62.5. The van der Waals surface area contributed by atoms with Gasteiger partial charge in [0, 0.05) is 78.9 Å². The molecule has 2 unspecified atom stereocenters. The monoisotopic (exact) mass is 1240 g/mol. The van der Waals surface area contributed by atoms with E-state index < -0.39 is 5.97 Å². The van der Waals surface area contributed by atoms with Crippen LogP contribution in [-0.2, 0) is 9.59 Å². The molecule has 0 fully saturated rings. The average molecular weight is 1240 g/mol. The van der Waals surface area contributed by atoms with Crippen molar-refractivity contribution in [2.45, 2.75) is 92.9 Å². The minimum atomic E-state index is -0.935. The van der Waals surface area contributed by atoms with Crippen molar-refractivity contribution in [3.05, 3.63) is 207 Å². The van der Waals surface area contributed by atoms with Crippen molar-refractivity contribution in [2.75, 3.05) is 18.0 Å². The summed E-state index contributed by atoms with van der Waals surface area (Å²) in [5.74, 6) is -0.486. The molecule has 2 aliphatic rings. The van der Waals surface area contributed by atoms with Crippen molar-refractivity contribution in [1.82, 2.24) is 9.80 Å². The number of hydrogen-bond acceptors (Lipinski definition) is 10. The van der Waals surface area contributed by atoms with Gasteiger partial charge in [-0.2, -0.15) is 0 Å². The lowest BCUT2D eigenvalue weighted by Gasteiger charge is -2.29. The van der Waals surface area contributed by atoms with Gasteiger partial charge in [0.05, 0.1) is 37.9 Å². The predicted octanol–water partition coefficient (Wildman–Crippen LogP) is 22.1. The Morgan fingerprint density at radius 2 is 0.791 bits per heavy atom. The molecule has 86 heavy (non-hydrogen) atoms. The minimum Gasteiger partial charge on any atom is -0.478 e. The van der Waals surface area contributed by atoms with Gasteiger partial charge in [-0.15, -0.1) is 68.0 Å². The van der Waals surface area contributed by atoms with Crippen molar-refractivity contribution in [3.8, 4) is 59.9 Å². The number of fused-ring (bicyclic) bond motifs is 1. The Bertz CT molecular complexity index is 4140. The van der Waals surface area contributed by atoms with E-state index in [2.05, 4.69) is 192 Å². The summed E-state index contributed by atoms with van der Waals surface area (Å²) in [6, 6.07) is 59.5. The molecule has 0 bridgehead atoms. The van der Waals surface area contributed by atoms with Crippen LogP contribution in [0.5, 0.6) is 0 Å². The van der Waals surface area contributed by atoms with Crippen LogP contribution in [0.4, 0.5) is 17.1 Å². The standard InChI is InChI=1S/C73H69N3O4S6/c1-7-11-15-47(9-3)43-74-69(65-40-38-63(85-65)61-36-34-59(83-61)57-32-30-55(81-57)49-20-22-51(23-21-49)73(79)80)67-68(72(74)78)70(75(71(67)77)44-48(10-4)16-12-8-2)66-41-39-64(86-66)62-37-35-60(84-62)58-33-31-56(82-58)50-24-28-53(29-25-50)76(52-26-18-45(5)19-27-52)54-17-13-14-46(6)42-54/h13-14,17-42,47-48H,7-12,15-16,43-44H2,1-6H3,(H,79,80). The predicted molar refractivity (Wildman–Crippen MR) is 368 cm³/mol. The van der Waals surface area contributed by atoms with Crippen LogP contribution in [0.3, 0.4) is 0 Å². The Balaban J connectivity index is 0.856. The van der Waals surface area contributed by atoms with Gasteiger partial charge in [-0.05, 0) is 177 Å². The molecule has 13 heteroatoms. The summed E-state index contributed by atoms with van der Waals surface area (Å²) in [5.41, 5.74) is 10.9. The number of benzene rings is 4. The average Bonchev–Trinajstić information content (AvgIpc) is 1.73. The van der Waals surface area contributed by atoms with Gasteiger partial charge in [0.15, 0.2) is 0 Å². The first-order valence-corrected chi connectivity index (χ1v) is 34.9. The maximum Gasteiger partial charge on any atom is 0.335 e. The molecule has 8 heterocycles. The smallest absolute Gasteiger partial charge is 0.335 e. The van der Waals surface area contributed by atoms with E-state index in [0.717, 1.165) is 129 Å². The molecule has 2 atom stereocenters. The molecule has 4 aromatic carbocycles. The van der Waals surface area contributed by atoms with Crippen molar-refractivity contribution in [2.24, 2.45) is 11.8 Å². The topological polar surface area (TPSA) is 81.2 Å². The highest BCUT2D eigenvalue weighted by molar-refractivity contribution is 7.28. The second-order valence-electron chi connectivity index (χ2n) is 22.5. The third-order valence-corrected chi connectivity index (χ3v) is 24.0. The Labute approximate surface area is 529 Å². The number of unbranched alkanes of at least 4 members (excludes halogenated alkanes) is 2. The number of aryl methyl sites for hydroxylation is 2. The van der Waals surface area contributed by atoms with E-state index in [4.69, 9.17) is 0 Å². The number of rotatable bonds is 24. The van der Waals surface area contributed by atoms with E-state index in [-0.39, 0.29) is 17.4 Å². The summed E-state index contributed by atoms with van der Waals surface area (Å²) < 4.78 is 0. The van der Waals surface area contributed by atoms with Crippen LogP contribution in [0.1, 0.15) is 110 Å². The van der Waals surface area contributed by atoms with Gasteiger partial charge in [-0.25, -0.2) is 4.79 Å². The number of thiophene rings is 6. The van der Waals surface area contributed by atoms with Gasteiger partial charge in [-0.3, -0.25) is 9.59 Å². The maximum atomic E-state index is 15.6. The summed E-state index contributed by atoms with van der Waals surface area (Å²) in [6.45, 7) is 14.3. The zero-order valence-corrected chi connectivity index (χ0v) is 54.3. The second kappa shape index (κ2) is 26.0. The van der Waals surface area contributed by atoms with Crippen LogP contribution in [0.15, 0.2) is 181 Å². The molecule has 0 saturated carbocycles. The molecule has 2 aliphatic heterocycles. The summed E-state index contributed by atoms with van der Waals surface area (Å²) in [7, 11) is 0. The summed E-state index contributed by atoms with van der Waals surface area (Å²) >= 11 is 10.4. The molecule has 0 spiro atoms. The number of carboxylic acid groups (broad SMARTS) is 1. The largest absolute Gasteiger partial charge is 0.478 e. The molecular weight excluding hydrogens is 1180 g/mol. The Morgan fingerprint density at radius 1 is 0.430 bits per heavy atom. The van der Waals surface area contributed by atoms with E-state index >= 15 is 9.59 Å². The lowest BCUT2D eigenvalue weighted by Crippen LogP contribution is -2.34. The minimum absolute atomic E-state index is 0.0664. The fourth-order valence-electron chi connectivity index (χ4n) is 11.7. The fraction of sp³-hybridized carbons (Fsp3) is 0.247. The highest BCUT2D eigenvalue weighted by atomic mass is 32.1. The molecule has 10 aromatic rings. The van der Waals surface area contributed by atoms with Crippen molar-refractivity contribution >= 4 is 114 Å². The van der Waals surface area contributed by atoms with E-state index in [0.29, 0.717) is 36.1 Å². The van der Waals surface area contributed by atoms with Gasteiger partial charge in [0.25, 0.3) is 11.8 Å². The van der Waals surface area contributed by atoms with Gasteiger partial charge in [0.1, 0.15) is 0 Å². The molecule has 1 N–H and O–H groups in total. The van der Waals surface area contributed by atoms with Gasteiger partial charge in [0.2, 0.25) is 0 Å². The van der Waals surface area contributed by atoms with Crippen molar-refractivity contribution < 1.29 is 19.5 Å². The molecule has 0 radical (unpaired) electrons. The first-order chi connectivity index (χ1) is 41.9. The Morgan fingerprint density at radius 3 is 1.17 bits per heavy atom. The molecule has 12 rings (SSSR count). The Hall–Kier alpha value is -7.23.